The lowest BCUT2D eigenvalue weighted by molar-refractivity contribution is 1.10. The molecule has 46 heavy (non-hydrogen) atoms. The molecule has 0 saturated carbocycles. The number of thiophene rings is 1. The van der Waals surface area contributed by atoms with Gasteiger partial charge >= 0.3 is 0 Å². The van der Waals surface area contributed by atoms with Crippen molar-refractivity contribution in [2.24, 2.45) is 0 Å². The summed E-state index contributed by atoms with van der Waals surface area (Å²) in [7, 11) is 0. The molecule has 0 saturated heterocycles. The summed E-state index contributed by atoms with van der Waals surface area (Å²) in [5, 5.41) is 7.65. The largest absolute Gasteiger partial charge is 0.292 e. The maximum absolute atomic E-state index is 5.53. The van der Waals surface area contributed by atoms with Gasteiger partial charge in [-0.25, -0.2) is 4.98 Å². The summed E-state index contributed by atoms with van der Waals surface area (Å²) in [6.45, 7) is 0. The van der Waals surface area contributed by atoms with Crippen LogP contribution < -0.4 is 0 Å². The Morgan fingerprint density at radius 3 is 1.87 bits per heavy atom. The number of aromatic nitrogens is 3. The average molecular weight is 604 g/mol. The summed E-state index contributed by atoms with van der Waals surface area (Å²) < 4.78 is 4.98. The fourth-order valence-corrected chi connectivity index (χ4v) is 8.53. The van der Waals surface area contributed by atoms with E-state index in [9.17, 15) is 0 Å². The highest BCUT2D eigenvalue weighted by molar-refractivity contribution is 7.27. The molecule has 0 bridgehead atoms. The van der Waals surface area contributed by atoms with Crippen LogP contribution in [0.5, 0.6) is 0 Å². The monoisotopic (exact) mass is 603 g/mol. The van der Waals surface area contributed by atoms with Gasteiger partial charge in [-0.3, -0.25) is 9.55 Å². The first-order valence-corrected chi connectivity index (χ1v) is 16.3. The summed E-state index contributed by atoms with van der Waals surface area (Å²) in [4.78, 5) is 10.5. The molecule has 4 heterocycles. The average Bonchev–Trinajstić information content (AvgIpc) is 3.69. The Labute approximate surface area is 268 Å². The molecule has 6 aromatic carbocycles. The van der Waals surface area contributed by atoms with Crippen LogP contribution in [0.25, 0.3) is 91.9 Å². The van der Waals surface area contributed by atoms with Gasteiger partial charge in [-0.1, -0.05) is 121 Å². The predicted octanol–water partition coefficient (Wildman–Crippen LogP) is 11.6. The topological polar surface area (TPSA) is 30.7 Å². The summed E-state index contributed by atoms with van der Waals surface area (Å²) in [5.74, 6) is 0.886. The van der Waals surface area contributed by atoms with Gasteiger partial charge in [-0.15, -0.1) is 11.3 Å². The molecule has 214 valence electrons. The van der Waals surface area contributed by atoms with Crippen LogP contribution in [0.2, 0.25) is 0 Å². The second kappa shape index (κ2) is 9.83. The first-order chi connectivity index (χ1) is 22.8. The molecule has 0 aliphatic rings. The van der Waals surface area contributed by atoms with E-state index in [1.54, 1.807) is 0 Å². The lowest BCUT2D eigenvalue weighted by Crippen LogP contribution is -2.01. The minimum Gasteiger partial charge on any atom is -0.292 e. The SMILES string of the molecule is c1ccc(-c2cc(-n3c4ccccc4c4c5ccccc5c5c6ccccc6sc5c43)nc3c(-c4ccccc4)ccnc23)cc1. The van der Waals surface area contributed by atoms with Crippen LogP contribution in [-0.4, -0.2) is 14.5 Å². The Kier molecular flexibility index (Phi) is 5.45. The molecule has 0 amide bonds. The molecular weight excluding hydrogens is 579 g/mol. The van der Waals surface area contributed by atoms with Crippen LogP contribution in [0, 0.1) is 0 Å². The number of rotatable bonds is 3. The van der Waals surface area contributed by atoms with Gasteiger partial charge in [0.1, 0.15) is 5.82 Å². The van der Waals surface area contributed by atoms with Crippen LogP contribution in [0.15, 0.2) is 152 Å². The molecule has 0 unspecified atom stereocenters. The van der Waals surface area contributed by atoms with Gasteiger partial charge < -0.3 is 0 Å². The van der Waals surface area contributed by atoms with E-state index in [4.69, 9.17) is 9.97 Å². The highest BCUT2D eigenvalue weighted by atomic mass is 32.1. The number of fused-ring (bicyclic) bond motifs is 11. The smallest absolute Gasteiger partial charge is 0.139 e. The van der Waals surface area contributed by atoms with Crippen molar-refractivity contribution in [3.05, 3.63) is 152 Å². The van der Waals surface area contributed by atoms with Crippen LogP contribution >= 0.6 is 11.3 Å². The van der Waals surface area contributed by atoms with Crippen LogP contribution in [0.3, 0.4) is 0 Å². The third kappa shape index (κ3) is 3.59. The van der Waals surface area contributed by atoms with Crippen molar-refractivity contribution in [3.8, 4) is 28.1 Å². The fraction of sp³-hybridized carbons (Fsp3) is 0. The molecule has 0 fully saturated rings. The first-order valence-electron chi connectivity index (χ1n) is 15.5. The third-order valence-corrected chi connectivity index (χ3v) is 10.4. The predicted molar refractivity (Wildman–Crippen MR) is 195 cm³/mol. The van der Waals surface area contributed by atoms with Crippen molar-refractivity contribution in [2.75, 3.05) is 0 Å². The molecular formula is C42H25N3S. The highest BCUT2D eigenvalue weighted by Crippen LogP contribution is 2.48. The quantitative estimate of drug-likeness (QED) is 0.201. The summed E-state index contributed by atoms with van der Waals surface area (Å²) in [6, 6.07) is 51.9. The van der Waals surface area contributed by atoms with E-state index in [1.807, 2.05) is 17.5 Å². The second-order valence-electron chi connectivity index (χ2n) is 11.7. The van der Waals surface area contributed by atoms with Gasteiger partial charge in [-0.2, -0.15) is 0 Å². The zero-order valence-electron chi connectivity index (χ0n) is 24.7. The zero-order valence-corrected chi connectivity index (χ0v) is 25.5. The van der Waals surface area contributed by atoms with E-state index in [-0.39, 0.29) is 0 Å². The number of benzene rings is 6. The van der Waals surface area contributed by atoms with Gasteiger partial charge in [-0.05, 0) is 46.2 Å². The molecule has 0 spiro atoms. The van der Waals surface area contributed by atoms with Gasteiger partial charge in [0.05, 0.1) is 26.8 Å². The van der Waals surface area contributed by atoms with Crippen molar-refractivity contribution in [1.29, 1.82) is 0 Å². The van der Waals surface area contributed by atoms with Gasteiger partial charge in [0.25, 0.3) is 0 Å². The third-order valence-electron chi connectivity index (χ3n) is 9.23. The lowest BCUT2D eigenvalue weighted by Gasteiger charge is -2.15. The maximum atomic E-state index is 5.53. The number of pyridine rings is 2. The number of hydrogen-bond acceptors (Lipinski definition) is 3. The fourth-order valence-electron chi connectivity index (χ4n) is 7.28. The molecule has 0 aliphatic heterocycles. The van der Waals surface area contributed by atoms with E-state index < -0.39 is 0 Å². The number of para-hydroxylation sites is 1. The Hall–Kier alpha value is -5.84. The van der Waals surface area contributed by atoms with Gasteiger partial charge in [0.2, 0.25) is 0 Å². The van der Waals surface area contributed by atoms with E-state index in [0.717, 1.165) is 44.6 Å². The molecule has 0 radical (unpaired) electrons. The minimum absolute atomic E-state index is 0.886. The zero-order chi connectivity index (χ0) is 30.2. The van der Waals surface area contributed by atoms with Crippen molar-refractivity contribution in [2.45, 2.75) is 0 Å². The molecule has 4 aromatic heterocycles. The standard InChI is InChI=1S/C42H25N3S/c1-3-13-26(14-4-1)28-23-24-43-39-33(27-15-5-2-6-16-27)25-36(44-40(28)39)45-34-21-11-9-19-31(34)37-29-17-7-8-18-30(29)38-32-20-10-12-22-35(32)46-42(38)41(37)45/h1-25H. The Balaban J connectivity index is 1.44. The van der Waals surface area contributed by atoms with Crippen LogP contribution in [0.1, 0.15) is 0 Å². The molecule has 10 aromatic rings. The normalized spacial score (nSPS) is 11.9. The van der Waals surface area contributed by atoms with Gasteiger partial charge in [0.15, 0.2) is 0 Å². The van der Waals surface area contributed by atoms with E-state index in [2.05, 4.69) is 150 Å². The maximum Gasteiger partial charge on any atom is 0.139 e. The second-order valence-corrected chi connectivity index (χ2v) is 12.8. The number of nitrogens with zero attached hydrogens (tertiary/aromatic N) is 3. The van der Waals surface area contributed by atoms with Crippen molar-refractivity contribution in [3.63, 3.8) is 0 Å². The Morgan fingerprint density at radius 1 is 0.500 bits per heavy atom. The van der Waals surface area contributed by atoms with Crippen molar-refractivity contribution >= 4 is 75.1 Å². The molecule has 0 atom stereocenters. The molecule has 10 rings (SSSR count). The van der Waals surface area contributed by atoms with Crippen molar-refractivity contribution < 1.29 is 0 Å². The van der Waals surface area contributed by atoms with E-state index >= 15 is 0 Å². The number of hydrogen-bond donors (Lipinski definition) is 0. The van der Waals surface area contributed by atoms with E-state index in [0.29, 0.717) is 0 Å². The molecule has 4 heteroatoms. The summed E-state index contributed by atoms with van der Waals surface area (Å²) in [5.41, 5.74) is 8.51. The van der Waals surface area contributed by atoms with E-state index in [1.165, 1.54) is 47.2 Å². The Morgan fingerprint density at radius 2 is 1.11 bits per heavy atom. The Bertz CT molecular complexity index is 2790. The summed E-state index contributed by atoms with van der Waals surface area (Å²) >= 11 is 1.87. The van der Waals surface area contributed by atoms with Crippen LogP contribution in [-0.2, 0) is 0 Å². The molecule has 0 N–H and O–H groups in total. The minimum atomic E-state index is 0.886. The lowest BCUT2D eigenvalue weighted by atomic mass is 9.99. The van der Waals surface area contributed by atoms with Crippen LogP contribution in [0.4, 0.5) is 0 Å². The molecule has 0 aliphatic carbocycles. The van der Waals surface area contributed by atoms with Crippen molar-refractivity contribution in [1.82, 2.24) is 14.5 Å². The summed E-state index contributed by atoms with van der Waals surface area (Å²) in [6.07, 6.45) is 1.91. The molecule has 3 nitrogen and oxygen atoms in total. The first kappa shape index (κ1) is 25.5. The highest BCUT2D eigenvalue weighted by Gasteiger charge is 2.23. The van der Waals surface area contributed by atoms with Gasteiger partial charge in [0, 0.05) is 43.6 Å².